The quantitative estimate of drug-likeness (QED) is 0.710. The molecule has 0 radical (unpaired) electrons. The normalized spacial score (nSPS) is 15.1. The minimum Gasteiger partial charge on any atom is -0.383 e. The minimum atomic E-state index is 0.0427. The number of halogens is 1. The molecule has 90 valence electrons. The molecular formula is C13H20ClNO. The summed E-state index contributed by atoms with van der Waals surface area (Å²) in [5.41, 5.74) is 1.31. The number of rotatable bonds is 6. The monoisotopic (exact) mass is 241 g/mol. The first-order valence-corrected chi connectivity index (χ1v) is 5.97. The number of ether oxygens (including phenoxy) is 1. The van der Waals surface area contributed by atoms with Crippen molar-refractivity contribution in [3.63, 3.8) is 0 Å². The minimum absolute atomic E-state index is 0.0427. The van der Waals surface area contributed by atoms with E-state index >= 15 is 0 Å². The fourth-order valence-electron chi connectivity index (χ4n) is 1.69. The second kappa shape index (κ2) is 6.89. The van der Waals surface area contributed by atoms with E-state index in [9.17, 15) is 0 Å². The van der Waals surface area contributed by atoms with Crippen molar-refractivity contribution in [2.45, 2.75) is 18.3 Å². The van der Waals surface area contributed by atoms with Crippen LogP contribution in [0.25, 0.3) is 0 Å². The van der Waals surface area contributed by atoms with Gasteiger partial charge in [0.25, 0.3) is 0 Å². The first kappa shape index (κ1) is 13.5. The van der Waals surface area contributed by atoms with E-state index in [0.29, 0.717) is 12.6 Å². The molecule has 2 nitrogen and oxygen atoms in total. The second-order valence-electron chi connectivity index (χ2n) is 4.08. The van der Waals surface area contributed by atoms with E-state index in [0.717, 1.165) is 6.54 Å². The maximum Gasteiger partial charge on any atom is 0.0696 e. The molecule has 16 heavy (non-hydrogen) atoms. The van der Waals surface area contributed by atoms with Gasteiger partial charge in [-0.05, 0) is 19.5 Å². The highest BCUT2D eigenvalue weighted by Crippen LogP contribution is 2.18. The lowest BCUT2D eigenvalue weighted by Crippen LogP contribution is -2.30. The van der Waals surface area contributed by atoms with Gasteiger partial charge in [0.05, 0.1) is 12.0 Å². The lowest BCUT2D eigenvalue weighted by molar-refractivity contribution is 0.172. The van der Waals surface area contributed by atoms with Crippen LogP contribution in [0.15, 0.2) is 30.3 Å². The highest BCUT2D eigenvalue weighted by atomic mass is 35.5. The largest absolute Gasteiger partial charge is 0.383 e. The van der Waals surface area contributed by atoms with Gasteiger partial charge in [0, 0.05) is 19.7 Å². The summed E-state index contributed by atoms with van der Waals surface area (Å²) in [6.45, 7) is 3.60. The predicted octanol–water partition coefficient (Wildman–Crippen LogP) is 2.93. The molecule has 0 unspecified atom stereocenters. The summed E-state index contributed by atoms with van der Waals surface area (Å²) in [5, 5.41) is 0.0427. The third-order valence-electron chi connectivity index (χ3n) is 2.78. The van der Waals surface area contributed by atoms with Crippen LogP contribution in [0.4, 0.5) is 0 Å². The Bertz CT molecular complexity index is 291. The molecule has 0 aromatic heterocycles. The molecule has 0 aliphatic rings. The van der Waals surface area contributed by atoms with Gasteiger partial charge in [-0.2, -0.15) is 0 Å². The van der Waals surface area contributed by atoms with Gasteiger partial charge in [0.2, 0.25) is 0 Å². The van der Waals surface area contributed by atoms with E-state index in [1.807, 2.05) is 6.07 Å². The average Bonchev–Trinajstić information content (AvgIpc) is 2.29. The van der Waals surface area contributed by atoms with Crippen LogP contribution < -0.4 is 0 Å². The van der Waals surface area contributed by atoms with E-state index in [4.69, 9.17) is 16.3 Å². The molecule has 0 heterocycles. The van der Waals surface area contributed by atoms with Crippen LogP contribution in [-0.4, -0.2) is 37.6 Å². The molecule has 1 rings (SSSR count). The summed E-state index contributed by atoms with van der Waals surface area (Å²) in [6, 6.07) is 10.8. The maximum absolute atomic E-state index is 6.14. The topological polar surface area (TPSA) is 12.5 Å². The number of alkyl halides is 1. The summed E-state index contributed by atoms with van der Waals surface area (Å²) in [5.74, 6) is 0. The summed E-state index contributed by atoms with van der Waals surface area (Å²) in [4.78, 5) is 2.24. The van der Waals surface area contributed by atoms with E-state index < -0.39 is 0 Å². The van der Waals surface area contributed by atoms with Crippen molar-refractivity contribution < 1.29 is 4.74 Å². The lowest BCUT2D eigenvalue weighted by Gasteiger charge is -2.26. The summed E-state index contributed by atoms with van der Waals surface area (Å²) < 4.78 is 5.03. The molecule has 0 amide bonds. The van der Waals surface area contributed by atoms with Crippen molar-refractivity contribution in [3.8, 4) is 0 Å². The van der Waals surface area contributed by atoms with Gasteiger partial charge >= 0.3 is 0 Å². The molecule has 0 aliphatic carbocycles. The fraction of sp³-hybridized carbons (Fsp3) is 0.538. The van der Waals surface area contributed by atoms with Crippen LogP contribution >= 0.6 is 11.6 Å². The Morgan fingerprint density at radius 2 is 1.94 bits per heavy atom. The van der Waals surface area contributed by atoms with E-state index in [1.165, 1.54) is 5.56 Å². The average molecular weight is 242 g/mol. The zero-order valence-corrected chi connectivity index (χ0v) is 10.9. The Hall–Kier alpha value is -0.570. The molecule has 1 aromatic rings. The Balaban J connectivity index is 2.51. The van der Waals surface area contributed by atoms with Gasteiger partial charge in [-0.25, -0.2) is 0 Å². The smallest absolute Gasteiger partial charge is 0.0696 e. The third-order valence-corrected chi connectivity index (χ3v) is 3.04. The predicted molar refractivity (Wildman–Crippen MR) is 69.0 cm³/mol. The van der Waals surface area contributed by atoms with Gasteiger partial charge in [-0.1, -0.05) is 30.3 Å². The van der Waals surface area contributed by atoms with Gasteiger partial charge in [0.15, 0.2) is 0 Å². The summed E-state index contributed by atoms with van der Waals surface area (Å²) >= 11 is 6.14. The highest BCUT2D eigenvalue weighted by Gasteiger charge is 2.14. The van der Waals surface area contributed by atoms with Gasteiger partial charge in [-0.3, -0.25) is 4.90 Å². The zero-order valence-electron chi connectivity index (χ0n) is 10.2. The Morgan fingerprint density at radius 3 is 2.50 bits per heavy atom. The van der Waals surface area contributed by atoms with E-state index in [-0.39, 0.29) is 5.38 Å². The van der Waals surface area contributed by atoms with E-state index in [1.54, 1.807) is 7.11 Å². The first-order chi connectivity index (χ1) is 7.65. The lowest BCUT2D eigenvalue weighted by atomic mass is 10.1. The van der Waals surface area contributed by atoms with Crippen LogP contribution in [-0.2, 0) is 4.74 Å². The molecule has 1 aromatic carbocycles. The second-order valence-corrected chi connectivity index (χ2v) is 4.70. The van der Waals surface area contributed by atoms with Crippen molar-refractivity contribution in [1.29, 1.82) is 0 Å². The SMILES string of the molecule is COC[C@@H](Cl)CN(C)[C@H](C)c1ccccc1. The molecule has 0 bridgehead atoms. The van der Waals surface area contributed by atoms with Crippen molar-refractivity contribution >= 4 is 11.6 Å². The molecule has 0 saturated heterocycles. The highest BCUT2D eigenvalue weighted by molar-refractivity contribution is 6.20. The number of methoxy groups -OCH3 is 1. The number of nitrogens with zero attached hydrogens (tertiary/aromatic N) is 1. The Morgan fingerprint density at radius 1 is 1.31 bits per heavy atom. The number of benzene rings is 1. The summed E-state index contributed by atoms with van der Waals surface area (Å²) in [7, 11) is 3.76. The van der Waals surface area contributed by atoms with Crippen molar-refractivity contribution in [3.05, 3.63) is 35.9 Å². The van der Waals surface area contributed by atoms with Gasteiger partial charge in [0.1, 0.15) is 0 Å². The number of hydrogen-bond donors (Lipinski definition) is 0. The van der Waals surface area contributed by atoms with Crippen LogP contribution in [0.3, 0.4) is 0 Å². The van der Waals surface area contributed by atoms with Crippen LogP contribution in [0.5, 0.6) is 0 Å². The standard InChI is InChI=1S/C13H20ClNO/c1-11(12-7-5-4-6-8-12)15(2)9-13(14)10-16-3/h4-8,11,13H,9-10H2,1-3H3/t11-,13+/m1/s1. The van der Waals surface area contributed by atoms with Crippen LogP contribution in [0.2, 0.25) is 0 Å². The molecule has 0 aliphatic heterocycles. The third kappa shape index (κ3) is 4.12. The van der Waals surface area contributed by atoms with Crippen molar-refractivity contribution in [2.24, 2.45) is 0 Å². The van der Waals surface area contributed by atoms with Crippen LogP contribution in [0.1, 0.15) is 18.5 Å². The molecule has 0 fully saturated rings. The van der Waals surface area contributed by atoms with Crippen LogP contribution in [0, 0.1) is 0 Å². The van der Waals surface area contributed by atoms with Gasteiger partial charge in [-0.15, -0.1) is 11.6 Å². The first-order valence-electron chi connectivity index (χ1n) is 5.53. The van der Waals surface area contributed by atoms with Crippen molar-refractivity contribution in [1.82, 2.24) is 4.90 Å². The van der Waals surface area contributed by atoms with Crippen molar-refractivity contribution in [2.75, 3.05) is 27.3 Å². The molecule has 2 atom stereocenters. The molecule has 0 spiro atoms. The summed E-state index contributed by atoms with van der Waals surface area (Å²) in [6.07, 6.45) is 0. The number of hydrogen-bond acceptors (Lipinski definition) is 2. The van der Waals surface area contributed by atoms with Gasteiger partial charge < -0.3 is 4.74 Å². The fourth-order valence-corrected chi connectivity index (χ4v) is 2.03. The maximum atomic E-state index is 6.14. The Kier molecular flexibility index (Phi) is 5.81. The Labute approximate surface area is 103 Å². The van der Waals surface area contributed by atoms with E-state index in [2.05, 4.69) is 43.1 Å². The molecule has 0 N–H and O–H groups in total. The molecular weight excluding hydrogens is 222 g/mol. The molecule has 3 heteroatoms. The molecule has 0 saturated carbocycles. The zero-order chi connectivity index (χ0) is 12.0.